The van der Waals surface area contributed by atoms with E-state index in [1.54, 1.807) is 0 Å². The Hall–Kier alpha value is -0.900. The van der Waals surface area contributed by atoms with Crippen LogP contribution in [0.25, 0.3) is 0 Å². The molecule has 1 aliphatic heterocycles. The van der Waals surface area contributed by atoms with Crippen molar-refractivity contribution in [2.24, 2.45) is 0 Å². The molecule has 0 aromatic heterocycles. The molecule has 1 fully saturated rings. The van der Waals surface area contributed by atoms with Gasteiger partial charge in [-0.05, 0) is 51.0 Å². The molecule has 118 valence electrons. The minimum absolute atomic E-state index is 0.374. The van der Waals surface area contributed by atoms with Crippen LogP contribution in [0.15, 0.2) is 24.3 Å². The molecule has 3 nitrogen and oxygen atoms in total. The molecule has 2 atom stereocenters. The maximum Gasteiger partial charge on any atom is 0.0916 e. The number of nitrogens with zero attached hydrogens (tertiary/aromatic N) is 2. The van der Waals surface area contributed by atoms with Crippen LogP contribution in [0.5, 0.6) is 0 Å². The summed E-state index contributed by atoms with van der Waals surface area (Å²) >= 11 is 0. The largest absolute Gasteiger partial charge is 0.387 e. The first-order valence-corrected chi connectivity index (χ1v) is 8.25. The van der Waals surface area contributed by atoms with Gasteiger partial charge >= 0.3 is 0 Å². The summed E-state index contributed by atoms with van der Waals surface area (Å²) in [5, 5.41) is 10.5. The molecule has 1 N–H and O–H groups in total. The van der Waals surface area contributed by atoms with E-state index >= 15 is 0 Å². The van der Waals surface area contributed by atoms with Crippen LogP contribution in [0.4, 0.5) is 0 Å². The van der Waals surface area contributed by atoms with Crippen molar-refractivity contribution < 1.29 is 5.11 Å². The van der Waals surface area contributed by atoms with E-state index in [0.29, 0.717) is 6.04 Å². The van der Waals surface area contributed by atoms with Gasteiger partial charge in [-0.25, -0.2) is 0 Å². The highest BCUT2D eigenvalue weighted by Crippen LogP contribution is 2.20. The number of β-amino-alcohol motifs (C(OH)–C–C–N with tert-alkyl or cyclic N) is 1. The predicted octanol–water partition coefficient (Wildman–Crippen LogP) is 2.70. The van der Waals surface area contributed by atoms with Crippen LogP contribution in [-0.4, -0.2) is 54.7 Å². The van der Waals surface area contributed by atoms with Crippen LogP contribution in [0.1, 0.15) is 43.4 Å². The molecule has 1 aliphatic rings. The van der Waals surface area contributed by atoms with E-state index in [2.05, 4.69) is 55.1 Å². The predicted molar refractivity (Wildman–Crippen MR) is 88.5 cm³/mol. The van der Waals surface area contributed by atoms with Gasteiger partial charge in [0, 0.05) is 19.1 Å². The highest BCUT2D eigenvalue weighted by molar-refractivity contribution is 5.24. The molecule has 2 unspecified atom stereocenters. The quantitative estimate of drug-likeness (QED) is 0.872. The van der Waals surface area contributed by atoms with Gasteiger partial charge < -0.3 is 10.0 Å². The Morgan fingerprint density at radius 1 is 1.29 bits per heavy atom. The zero-order valence-corrected chi connectivity index (χ0v) is 13.8. The molecule has 2 rings (SSSR count). The molecule has 3 heteroatoms. The molecule has 1 aromatic carbocycles. The number of hydrogen-bond acceptors (Lipinski definition) is 3. The zero-order valence-electron chi connectivity index (χ0n) is 13.8. The van der Waals surface area contributed by atoms with Crippen LogP contribution in [-0.2, 0) is 6.42 Å². The minimum atomic E-state index is -0.374. The van der Waals surface area contributed by atoms with Gasteiger partial charge in [0.2, 0.25) is 0 Å². The lowest BCUT2D eigenvalue weighted by Gasteiger charge is -2.37. The van der Waals surface area contributed by atoms with Crippen molar-refractivity contribution in [2.45, 2.75) is 44.8 Å². The number of likely N-dealkylation sites (tertiary alicyclic amines) is 1. The van der Waals surface area contributed by atoms with Gasteiger partial charge in [0.05, 0.1) is 6.10 Å². The van der Waals surface area contributed by atoms with Crippen molar-refractivity contribution in [1.29, 1.82) is 0 Å². The molecular weight excluding hydrogens is 260 g/mol. The zero-order chi connectivity index (χ0) is 15.2. The fourth-order valence-electron chi connectivity index (χ4n) is 3.16. The van der Waals surface area contributed by atoms with Crippen molar-refractivity contribution in [1.82, 2.24) is 9.80 Å². The Bertz CT molecular complexity index is 416. The first-order valence-electron chi connectivity index (χ1n) is 8.25. The Balaban J connectivity index is 1.89. The number of aliphatic hydroxyl groups is 1. The van der Waals surface area contributed by atoms with Gasteiger partial charge in [0.1, 0.15) is 0 Å². The highest BCUT2D eigenvalue weighted by Gasteiger charge is 2.23. The number of benzene rings is 1. The van der Waals surface area contributed by atoms with Crippen LogP contribution in [0, 0.1) is 0 Å². The second-order valence-electron chi connectivity index (χ2n) is 6.53. The molecule has 0 saturated carbocycles. The normalized spacial score (nSPS) is 21.7. The summed E-state index contributed by atoms with van der Waals surface area (Å²) < 4.78 is 0. The second-order valence-corrected chi connectivity index (χ2v) is 6.53. The van der Waals surface area contributed by atoms with E-state index in [1.165, 1.54) is 24.8 Å². The third-order valence-corrected chi connectivity index (χ3v) is 4.55. The van der Waals surface area contributed by atoms with Crippen molar-refractivity contribution in [3.05, 3.63) is 35.4 Å². The summed E-state index contributed by atoms with van der Waals surface area (Å²) in [7, 11) is 4.30. The summed E-state index contributed by atoms with van der Waals surface area (Å²) in [5.74, 6) is 0. The Kier molecular flexibility index (Phi) is 6.22. The average molecular weight is 290 g/mol. The van der Waals surface area contributed by atoms with Crippen molar-refractivity contribution in [3.63, 3.8) is 0 Å². The van der Waals surface area contributed by atoms with Crippen molar-refractivity contribution in [2.75, 3.05) is 33.7 Å². The molecule has 1 aromatic rings. The third kappa shape index (κ3) is 4.80. The Morgan fingerprint density at radius 2 is 2.00 bits per heavy atom. The molecular formula is C18H30N2O. The molecule has 1 saturated heterocycles. The molecule has 0 aliphatic carbocycles. The number of aliphatic hydroxyl groups excluding tert-OH is 1. The van der Waals surface area contributed by atoms with Gasteiger partial charge in [-0.3, -0.25) is 4.90 Å². The van der Waals surface area contributed by atoms with Gasteiger partial charge in [-0.1, -0.05) is 37.6 Å². The van der Waals surface area contributed by atoms with Crippen LogP contribution in [0.3, 0.4) is 0 Å². The highest BCUT2D eigenvalue weighted by atomic mass is 16.3. The Labute approximate surface area is 129 Å². The first kappa shape index (κ1) is 16.5. The van der Waals surface area contributed by atoms with E-state index in [-0.39, 0.29) is 6.10 Å². The molecule has 0 radical (unpaired) electrons. The lowest BCUT2D eigenvalue weighted by atomic mass is 10.0. The molecule has 0 amide bonds. The number of rotatable bonds is 6. The standard InChI is InChI=1S/C18H30N2O/c1-4-6-15-8-10-16(11-9-15)18(21)14-20-12-5-7-17(13-20)19(2)3/h8-11,17-18,21H,4-7,12-14H2,1-3H3. The van der Waals surface area contributed by atoms with E-state index < -0.39 is 0 Å². The molecule has 0 spiro atoms. The lowest BCUT2D eigenvalue weighted by Crippen LogP contribution is -2.46. The third-order valence-electron chi connectivity index (χ3n) is 4.55. The second kappa shape index (κ2) is 7.92. The number of likely N-dealkylation sites (N-methyl/N-ethyl adjacent to an activating group) is 1. The average Bonchev–Trinajstić information content (AvgIpc) is 2.48. The maximum absolute atomic E-state index is 10.5. The van der Waals surface area contributed by atoms with Crippen molar-refractivity contribution in [3.8, 4) is 0 Å². The molecule has 21 heavy (non-hydrogen) atoms. The number of hydrogen-bond donors (Lipinski definition) is 1. The van der Waals surface area contributed by atoms with Crippen LogP contribution >= 0.6 is 0 Å². The first-order chi connectivity index (χ1) is 10.1. The van der Waals surface area contributed by atoms with Gasteiger partial charge in [0.25, 0.3) is 0 Å². The van der Waals surface area contributed by atoms with Gasteiger partial charge in [-0.2, -0.15) is 0 Å². The van der Waals surface area contributed by atoms with E-state index in [0.717, 1.165) is 31.6 Å². The fraction of sp³-hybridized carbons (Fsp3) is 0.667. The van der Waals surface area contributed by atoms with Gasteiger partial charge in [0.15, 0.2) is 0 Å². The summed E-state index contributed by atoms with van der Waals surface area (Å²) in [5.41, 5.74) is 2.40. The number of piperidine rings is 1. The number of aryl methyl sites for hydroxylation is 1. The van der Waals surface area contributed by atoms with Crippen LogP contribution in [0.2, 0.25) is 0 Å². The minimum Gasteiger partial charge on any atom is -0.387 e. The van der Waals surface area contributed by atoms with Gasteiger partial charge in [-0.15, -0.1) is 0 Å². The topological polar surface area (TPSA) is 26.7 Å². The van der Waals surface area contributed by atoms with E-state index in [1.807, 2.05) is 0 Å². The summed E-state index contributed by atoms with van der Waals surface area (Å²) in [6.45, 7) is 5.12. The summed E-state index contributed by atoms with van der Waals surface area (Å²) in [6, 6.07) is 9.10. The smallest absolute Gasteiger partial charge is 0.0916 e. The summed E-state index contributed by atoms with van der Waals surface area (Å²) in [6.07, 6.45) is 4.41. The van der Waals surface area contributed by atoms with Crippen molar-refractivity contribution >= 4 is 0 Å². The fourth-order valence-corrected chi connectivity index (χ4v) is 3.16. The summed E-state index contributed by atoms with van der Waals surface area (Å²) in [4.78, 5) is 4.71. The Morgan fingerprint density at radius 3 is 2.62 bits per heavy atom. The SMILES string of the molecule is CCCc1ccc(C(O)CN2CCCC(N(C)C)C2)cc1. The maximum atomic E-state index is 10.5. The molecule has 0 bridgehead atoms. The van der Waals surface area contributed by atoms with E-state index in [9.17, 15) is 5.11 Å². The van der Waals surface area contributed by atoms with Crippen LogP contribution < -0.4 is 0 Å². The monoisotopic (exact) mass is 290 g/mol. The van der Waals surface area contributed by atoms with E-state index in [4.69, 9.17) is 0 Å². The lowest BCUT2D eigenvalue weighted by molar-refractivity contribution is 0.0722. The molecule has 1 heterocycles.